The number of aromatic nitrogens is 1. The Morgan fingerprint density at radius 1 is 1.22 bits per heavy atom. The average molecular weight is 317 g/mol. The zero-order valence-corrected chi connectivity index (χ0v) is 13.4. The fraction of sp³-hybridized carbons (Fsp3) is 0.588. The van der Waals surface area contributed by atoms with Crippen molar-refractivity contribution in [2.45, 2.75) is 39.2 Å². The number of aryl methyl sites for hydroxylation is 1. The summed E-state index contributed by atoms with van der Waals surface area (Å²) >= 11 is 0. The molecule has 0 aromatic carbocycles. The molecule has 2 fully saturated rings. The Morgan fingerprint density at radius 3 is 2.70 bits per heavy atom. The Balaban J connectivity index is 1.51. The van der Waals surface area contributed by atoms with Gasteiger partial charge >= 0.3 is 11.8 Å². The Morgan fingerprint density at radius 2 is 2.04 bits per heavy atom. The molecule has 0 spiro atoms. The van der Waals surface area contributed by atoms with E-state index in [2.05, 4.69) is 10.6 Å². The van der Waals surface area contributed by atoms with Gasteiger partial charge in [-0.25, -0.2) is 0 Å². The summed E-state index contributed by atoms with van der Waals surface area (Å²) < 4.78 is 1.47. The molecule has 2 saturated carbocycles. The van der Waals surface area contributed by atoms with E-state index in [0.29, 0.717) is 24.7 Å². The molecule has 1 aromatic rings. The fourth-order valence-corrected chi connectivity index (χ4v) is 3.97. The smallest absolute Gasteiger partial charge is 0.313 e. The molecule has 1 heterocycles. The summed E-state index contributed by atoms with van der Waals surface area (Å²) in [6.07, 6.45) is 6.58. The molecule has 0 saturated heterocycles. The minimum absolute atomic E-state index is 0.133. The molecule has 3 rings (SSSR count). The maximum Gasteiger partial charge on any atom is 0.313 e. The molecule has 1 aromatic heterocycles. The maximum atomic E-state index is 12.0. The van der Waals surface area contributed by atoms with Crippen molar-refractivity contribution in [1.82, 2.24) is 9.88 Å². The quantitative estimate of drug-likeness (QED) is 0.823. The van der Waals surface area contributed by atoms with Crippen molar-refractivity contribution in [2.75, 3.05) is 11.9 Å². The SMILES string of the molecule is CCn1cc(NC(=O)C(=O)NC[C@H]2C[C@H]3CC[C@H]2C3)ccc1=O. The van der Waals surface area contributed by atoms with Crippen LogP contribution in [-0.2, 0) is 16.1 Å². The standard InChI is InChI=1S/C17H23N3O3/c1-2-20-10-14(5-6-15(20)21)19-17(23)16(22)18-9-13-8-11-3-4-12(13)7-11/h5-6,10-13H,2-4,7-9H2,1H3,(H,18,22)(H,19,23)/t11-,12-,13+/m0/s1. The van der Waals surface area contributed by atoms with E-state index in [1.807, 2.05) is 6.92 Å². The first-order chi connectivity index (χ1) is 11.1. The van der Waals surface area contributed by atoms with Gasteiger partial charge in [-0.1, -0.05) is 6.42 Å². The molecule has 0 unspecified atom stereocenters. The van der Waals surface area contributed by atoms with Crippen molar-refractivity contribution in [1.29, 1.82) is 0 Å². The van der Waals surface area contributed by atoms with Crippen LogP contribution in [0, 0.1) is 17.8 Å². The summed E-state index contributed by atoms with van der Waals surface area (Å²) in [4.78, 5) is 35.4. The van der Waals surface area contributed by atoms with Gasteiger partial charge in [0.25, 0.3) is 5.56 Å². The normalized spacial score (nSPS) is 25.3. The monoisotopic (exact) mass is 317 g/mol. The van der Waals surface area contributed by atoms with Crippen molar-refractivity contribution in [3.05, 3.63) is 28.7 Å². The van der Waals surface area contributed by atoms with Gasteiger partial charge in [-0.15, -0.1) is 0 Å². The van der Waals surface area contributed by atoms with Gasteiger partial charge in [0.2, 0.25) is 0 Å². The number of rotatable bonds is 4. The molecule has 124 valence electrons. The number of fused-ring (bicyclic) bond motifs is 2. The molecule has 2 N–H and O–H groups in total. The minimum atomic E-state index is -0.686. The van der Waals surface area contributed by atoms with E-state index < -0.39 is 11.8 Å². The molecular formula is C17H23N3O3. The summed E-state index contributed by atoms with van der Waals surface area (Å²) in [5.74, 6) is 0.770. The number of carbonyl (C=O) groups is 2. The van der Waals surface area contributed by atoms with Gasteiger partial charge in [0.05, 0.1) is 5.69 Å². The van der Waals surface area contributed by atoms with Crippen LogP contribution in [-0.4, -0.2) is 22.9 Å². The van der Waals surface area contributed by atoms with Gasteiger partial charge in [-0.3, -0.25) is 14.4 Å². The van der Waals surface area contributed by atoms with E-state index in [1.54, 1.807) is 6.20 Å². The van der Waals surface area contributed by atoms with E-state index in [1.165, 1.54) is 42.4 Å². The van der Waals surface area contributed by atoms with Crippen LogP contribution < -0.4 is 16.2 Å². The zero-order chi connectivity index (χ0) is 16.4. The third-order valence-corrected chi connectivity index (χ3v) is 5.20. The number of nitrogens with zero attached hydrogens (tertiary/aromatic N) is 1. The molecule has 6 nitrogen and oxygen atoms in total. The minimum Gasteiger partial charge on any atom is -0.348 e. The van der Waals surface area contributed by atoms with Crippen molar-refractivity contribution in [3.63, 3.8) is 0 Å². The Kier molecular flexibility index (Phi) is 4.50. The Hall–Kier alpha value is -2.11. The first-order valence-electron chi connectivity index (χ1n) is 8.36. The average Bonchev–Trinajstić information content (AvgIpc) is 3.17. The predicted octanol–water partition coefficient (Wildman–Crippen LogP) is 1.36. The number of hydrogen-bond acceptors (Lipinski definition) is 3. The van der Waals surface area contributed by atoms with Crippen LogP contribution in [0.25, 0.3) is 0 Å². The molecule has 23 heavy (non-hydrogen) atoms. The van der Waals surface area contributed by atoms with Crippen LogP contribution in [0.3, 0.4) is 0 Å². The summed E-state index contributed by atoms with van der Waals surface area (Å²) in [6, 6.07) is 2.89. The Labute approximate surface area is 135 Å². The third-order valence-electron chi connectivity index (χ3n) is 5.20. The van der Waals surface area contributed by atoms with Crippen LogP contribution in [0.5, 0.6) is 0 Å². The van der Waals surface area contributed by atoms with Gasteiger partial charge in [0.1, 0.15) is 0 Å². The summed E-state index contributed by atoms with van der Waals surface area (Å²) in [7, 11) is 0. The van der Waals surface area contributed by atoms with Crippen molar-refractivity contribution >= 4 is 17.5 Å². The summed E-state index contributed by atoms with van der Waals surface area (Å²) in [5.41, 5.74) is 0.317. The van der Waals surface area contributed by atoms with Crippen LogP contribution in [0.2, 0.25) is 0 Å². The third kappa shape index (κ3) is 3.46. The molecule has 2 aliphatic rings. The lowest BCUT2D eigenvalue weighted by Gasteiger charge is -2.21. The molecule has 6 heteroatoms. The van der Waals surface area contributed by atoms with E-state index >= 15 is 0 Å². The predicted molar refractivity (Wildman–Crippen MR) is 87.0 cm³/mol. The second-order valence-electron chi connectivity index (χ2n) is 6.64. The van der Waals surface area contributed by atoms with E-state index in [9.17, 15) is 14.4 Å². The highest BCUT2D eigenvalue weighted by Crippen LogP contribution is 2.47. The second-order valence-corrected chi connectivity index (χ2v) is 6.64. The van der Waals surface area contributed by atoms with Crippen molar-refractivity contribution < 1.29 is 9.59 Å². The maximum absolute atomic E-state index is 12.0. The molecule has 3 atom stereocenters. The highest BCUT2D eigenvalue weighted by atomic mass is 16.2. The zero-order valence-electron chi connectivity index (χ0n) is 13.4. The number of amides is 2. The van der Waals surface area contributed by atoms with Crippen molar-refractivity contribution in [3.8, 4) is 0 Å². The van der Waals surface area contributed by atoms with Gasteiger partial charge in [0.15, 0.2) is 0 Å². The lowest BCUT2D eigenvalue weighted by Crippen LogP contribution is -2.39. The van der Waals surface area contributed by atoms with Crippen LogP contribution in [0.4, 0.5) is 5.69 Å². The lowest BCUT2D eigenvalue weighted by atomic mass is 9.89. The van der Waals surface area contributed by atoms with Crippen LogP contribution in [0.15, 0.2) is 23.1 Å². The van der Waals surface area contributed by atoms with Gasteiger partial charge in [-0.2, -0.15) is 0 Å². The number of anilines is 1. The van der Waals surface area contributed by atoms with Gasteiger partial charge < -0.3 is 15.2 Å². The first kappa shape index (κ1) is 15.8. The number of hydrogen-bond donors (Lipinski definition) is 2. The Bertz CT molecular complexity index is 667. The van der Waals surface area contributed by atoms with E-state index in [-0.39, 0.29) is 5.56 Å². The molecular weight excluding hydrogens is 294 g/mol. The van der Waals surface area contributed by atoms with E-state index in [0.717, 1.165) is 11.8 Å². The topological polar surface area (TPSA) is 80.2 Å². The number of carbonyl (C=O) groups excluding carboxylic acids is 2. The van der Waals surface area contributed by atoms with E-state index in [4.69, 9.17) is 0 Å². The van der Waals surface area contributed by atoms with Gasteiger partial charge in [0, 0.05) is 25.4 Å². The fourth-order valence-electron chi connectivity index (χ4n) is 3.97. The van der Waals surface area contributed by atoms with Crippen molar-refractivity contribution in [2.24, 2.45) is 17.8 Å². The first-order valence-corrected chi connectivity index (χ1v) is 8.36. The molecule has 2 aliphatic carbocycles. The highest BCUT2D eigenvalue weighted by molar-refractivity contribution is 6.39. The molecule has 2 amide bonds. The number of pyridine rings is 1. The van der Waals surface area contributed by atoms with Crippen LogP contribution in [0.1, 0.15) is 32.6 Å². The molecule has 2 bridgehead atoms. The summed E-state index contributed by atoms with van der Waals surface area (Å²) in [6.45, 7) is 2.94. The van der Waals surface area contributed by atoms with Gasteiger partial charge in [-0.05, 0) is 50.0 Å². The van der Waals surface area contributed by atoms with Crippen LogP contribution >= 0.6 is 0 Å². The summed E-state index contributed by atoms with van der Waals surface area (Å²) in [5, 5.41) is 5.29. The molecule has 0 radical (unpaired) electrons. The largest absolute Gasteiger partial charge is 0.348 e. The second kappa shape index (κ2) is 6.56. The molecule has 0 aliphatic heterocycles. The number of nitrogens with one attached hydrogen (secondary N) is 2. The lowest BCUT2D eigenvalue weighted by molar-refractivity contribution is -0.136. The highest BCUT2D eigenvalue weighted by Gasteiger charge is 2.39.